The highest BCUT2D eigenvalue weighted by molar-refractivity contribution is 8.00. The Bertz CT molecular complexity index is 574. The van der Waals surface area contributed by atoms with Crippen LogP contribution in [0.4, 0.5) is 8.78 Å². The number of carbonyl (C=O) groups excluding carboxylic acids is 2. The van der Waals surface area contributed by atoms with Crippen molar-refractivity contribution in [3.05, 3.63) is 29.8 Å². The first-order valence-corrected chi connectivity index (χ1v) is 8.52. The minimum atomic E-state index is -0.663. The molecular weight excluding hydrogens is 324 g/mol. The predicted octanol–water partition coefficient (Wildman–Crippen LogP) is 2.86. The lowest BCUT2D eigenvalue weighted by Gasteiger charge is -2.30. The van der Waals surface area contributed by atoms with Crippen LogP contribution in [0.2, 0.25) is 0 Å². The number of thioether (sulfide) groups is 1. The van der Waals surface area contributed by atoms with E-state index >= 15 is 0 Å². The van der Waals surface area contributed by atoms with Gasteiger partial charge in [0.2, 0.25) is 5.91 Å². The molecule has 0 unspecified atom stereocenters. The molecule has 1 aliphatic heterocycles. The Hall–Kier alpha value is -1.63. The van der Waals surface area contributed by atoms with Crippen LogP contribution >= 0.6 is 11.8 Å². The number of esters is 1. The number of carbonyl (C=O) groups is 2. The fraction of sp³-hybridized carbons (Fsp3) is 0.500. The Morgan fingerprint density at radius 3 is 2.61 bits per heavy atom. The maximum atomic E-state index is 13.5. The summed E-state index contributed by atoms with van der Waals surface area (Å²) in [4.78, 5) is 25.7. The Kier molecular flexibility index (Phi) is 6.38. The van der Waals surface area contributed by atoms with E-state index in [1.165, 1.54) is 12.1 Å². The fourth-order valence-electron chi connectivity index (χ4n) is 2.45. The number of hydrogen-bond donors (Lipinski definition) is 0. The van der Waals surface area contributed by atoms with Gasteiger partial charge in [0.1, 0.15) is 11.6 Å². The summed E-state index contributed by atoms with van der Waals surface area (Å²) in [6.07, 6.45) is 1.17. The Morgan fingerprint density at radius 2 is 2.00 bits per heavy atom. The number of nitrogens with zero attached hydrogens (tertiary/aromatic N) is 1. The molecule has 0 spiro atoms. The number of likely N-dealkylation sites (tertiary alicyclic amines) is 1. The molecule has 0 atom stereocenters. The molecule has 1 aromatic rings. The van der Waals surface area contributed by atoms with Gasteiger partial charge in [-0.2, -0.15) is 0 Å². The molecule has 0 aromatic heterocycles. The van der Waals surface area contributed by atoms with Crippen LogP contribution in [0.3, 0.4) is 0 Å². The fourth-order valence-corrected chi connectivity index (χ4v) is 3.27. The quantitative estimate of drug-likeness (QED) is 0.609. The molecule has 7 heteroatoms. The van der Waals surface area contributed by atoms with Crippen LogP contribution in [0, 0.1) is 17.6 Å². The molecule has 23 heavy (non-hydrogen) atoms. The van der Waals surface area contributed by atoms with Crippen LogP contribution in [0.25, 0.3) is 0 Å². The highest BCUT2D eigenvalue weighted by Gasteiger charge is 2.28. The first kappa shape index (κ1) is 17.7. The second-order valence-corrected chi connectivity index (χ2v) is 6.29. The zero-order valence-electron chi connectivity index (χ0n) is 12.9. The van der Waals surface area contributed by atoms with E-state index in [4.69, 9.17) is 4.74 Å². The number of piperidine rings is 1. The van der Waals surface area contributed by atoms with E-state index in [2.05, 4.69) is 0 Å². The smallest absolute Gasteiger partial charge is 0.309 e. The van der Waals surface area contributed by atoms with Crippen molar-refractivity contribution in [2.45, 2.75) is 24.7 Å². The van der Waals surface area contributed by atoms with E-state index in [1.807, 2.05) is 0 Å². The zero-order chi connectivity index (χ0) is 16.8. The van der Waals surface area contributed by atoms with Crippen molar-refractivity contribution >= 4 is 23.6 Å². The lowest BCUT2D eigenvalue weighted by molar-refractivity contribution is -0.151. The third-order valence-corrected chi connectivity index (χ3v) is 4.75. The van der Waals surface area contributed by atoms with Crippen LogP contribution in [0.15, 0.2) is 23.1 Å². The maximum Gasteiger partial charge on any atom is 0.309 e. The van der Waals surface area contributed by atoms with E-state index < -0.39 is 11.6 Å². The molecule has 0 aliphatic carbocycles. The van der Waals surface area contributed by atoms with Gasteiger partial charge in [-0.05, 0) is 31.9 Å². The van der Waals surface area contributed by atoms with Crippen LogP contribution in [-0.2, 0) is 14.3 Å². The molecule has 0 radical (unpaired) electrons. The second kappa shape index (κ2) is 8.29. The van der Waals surface area contributed by atoms with Crippen molar-refractivity contribution in [2.24, 2.45) is 5.92 Å². The van der Waals surface area contributed by atoms with Gasteiger partial charge in [0.05, 0.1) is 18.3 Å². The Balaban J connectivity index is 1.80. The van der Waals surface area contributed by atoms with Gasteiger partial charge in [-0.25, -0.2) is 8.78 Å². The van der Waals surface area contributed by atoms with Gasteiger partial charge in [0.25, 0.3) is 0 Å². The number of halogens is 2. The van der Waals surface area contributed by atoms with E-state index in [-0.39, 0.29) is 28.4 Å². The summed E-state index contributed by atoms with van der Waals surface area (Å²) in [6, 6.07) is 3.30. The van der Waals surface area contributed by atoms with E-state index in [1.54, 1.807) is 11.8 Å². The van der Waals surface area contributed by atoms with Crippen molar-refractivity contribution in [1.82, 2.24) is 4.90 Å². The van der Waals surface area contributed by atoms with Crippen molar-refractivity contribution < 1.29 is 23.1 Å². The van der Waals surface area contributed by atoms with Crippen LogP contribution in [0.5, 0.6) is 0 Å². The summed E-state index contributed by atoms with van der Waals surface area (Å²) in [6.45, 7) is 3.11. The van der Waals surface area contributed by atoms with Crippen LogP contribution in [0.1, 0.15) is 19.8 Å². The normalized spacial score (nSPS) is 15.5. The van der Waals surface area contributed by atoms with Crippen molar-refractivity contribution in [3.63, 3.8) is 0 Å². The van der Waals surface area contributed by atoms with Crippen LogP contribution in [-0.4, -0.2) is 42.2 Å². The second-order valence-electron chi connectivity index (χ2n) is 5.27. The number of hydrogen-bond acceptors (Lipinski definition) is 4. The molecule has 1 aromatic carbocycles. The molecule has 1 saturated heterocycles. The summed E-state index contributed by atoms with van der Waals surface area (Å²) in [5.41, 5.74) is 0. The molecule has 2 rings (SSSR count). The topological polar surface area (TPSA) is 46.6 Å². The van der Waals surface area contributed by atoms with E-state index in [0.717, 1.165) is 17.8 Å². The third kappa shape index (κ3) is 4.92. The molecule has 1 fully saturated rings. The number of benzene rings is 1. The largest absolute Gasteiger partial charge is 0.466 e. The van der Waals surface area contributed by atoms with E-state index in [9.17, 15) is 18.4 Å². The molecule has 1 amide bonds. The maximum absolute atomic E-state index is 13.5. The van der Waals surface area contributed by atoms with Gasteiger partial charge >= 0.3 is 5.97 Å². The molecule has 1 aliphatic rings. The summed E-state index contributed by atoms with van der Waals surface area (Å²) >= 11 is 1.05. The van der Waals surface area contributed by atoms with Gasteiger partial charge in [0, 0.05) is 24.1 Å². The Labute approximate surface area is 138 Å². The van der Waals surface area contributed by atoms with Crippen molar-refractivity contribution in [3.8, 4) is 0 Å². The average molecular weight is 343 g/mol. The highest BCUT2D eigenvalue weighted by Crippen LogP contribution is 2.24. The first-order valence-electron chi connectivity index (χ1n) is 7.53. The summed E-state index contributed by atoms with van der Waals surface area (Å²) < 4.78 is 31.3. The summed E-state index contributed by atoms with van der Waals surface area (Å²) in [5.74, 6) is -1.68. The van der Waals surface area contributed by atoms with Crippen molar-refractivity contribution in [1.29, 1.82) is 0 Å². The molecule has 0 bridgehead atoms. The van der Waals surface area contributed by atoms with Gasteiger partial charge < -0.3 is 9.64 Å². The molecule has 4 nitrogen and oxygen atoms in total. The van der Waals surface area contributed by atoms with Gasteiger partial charge in [-0.15, -0.1) is 11.8 Å². The monoisotopic (exact) mass is 343 g/mol. The van der Waals surface area contributed by atoms with Crippen molar-refractivity contribution in [2.75, 3.05) is 25.4 Å². The minimum absolute atomic E-state index is 0.0899. The molecule has 1 heterocycles. The lowest BCUT2D eigenvalue weighted by Crippen LogP contribution is -2.41. The SMILES string of the molecule is CCOC(=O)C1CCN(C(=O)CSc2ccc(F)cc2F)CC1. The standard InChI is InChI=1S/C16H19F2NO3S/c1-2-22-16(21)11-5-7-19(8-6-11)15(20)10-23-14-4-3-12(17)9-13(14)18/h3-4,9,11H,2,5-8,10H2,1H3. The van der Waals surface area contributed by atoms with E-state index in [0.29, 0.717) is 32.5 Å². The van der Waals surface area contributed by atoms with Gasteiger partial charge in [-0.3, -0.25) is 9.59 Å². The van der Waals surface area contributed by atoms with Gasteiger partial charge in [0.15, 0.2) is 0 Å². The third-order valence-electron chi connectivity index (χ3n) is 3.71. The number of amides is 1. The lowest BCUT2D eigenvalue weighted by atomic mass is 9.97. The Morgan fingerprint density at radius 1 is 1.30 bits per heavy atom. The molecular formula is C16H19F2NO3S. The number of rotatable bonds is 5. The average Bonchev–Trinajstić information content (AvgIpc) is 2.54. The highest BCUT2D eigenvalue weighted by atomic mass is 32.2. The number of ether oxygens (including phenoxy) is 1. The first-order chi connectivity index (χ1) is 11.0. The molecule has 126 valence electrons. The molecule has 0 saturated carbocycles. The molecule has 0 N–H and O–H groups in total. The van der Waals surface area contributed by atoms with Crippen LogP contribution < -0.4 is 0 Å². The predicted molar refractivity (Wildman–Crippen MR) is 83.0 cm³/mol. The zero-order valence-corrected chi connectivity index (χ0v) is 13.7. The van der Waals surface area contributed by atoms with Gasteiger partial charge in [-0.1, -0.05) is 0 Å². The summed E-state index contributed by atoms with van der Waals surface area (Å²) in [7, 11) is 0. The summed E-state index contributed by atoms with van der Waals surface area (Å²) in [5, 5.41) is 0. The minimum Gasteiger partial charge on any atom is -0.466 e.